The monoisotopic (exact) mass is 492 g/mol. The largest absolute Gasteiger partial charge is 0.445 e. The number of benzene rings is 1. The molecule has 0 unspecified atom stereocenters. The van der Waals surface area contributed by atoms with Gasteiger partial charge in [-0.1, -0.05) is 30.3 Å². The number of hydrogen-bond donors (Lipinski definition) is 0. The number of nitrogens with zero attached hydrogens (tertiary/aromatic N) is 6. The highest BCUT2D eigenvalue weighted by Gasteiger charge is 2.36. The van der Waals surface area contributed by atoms with Gasteiger partial charge in [0.2, 0.25) is 6.54 Å². The molecule has 0 spiro atoms. The van der Waals surface area contributed by atoms with Crippen LogP contribution < -0.4 is 4.90 Å². The van der Waals surface area contributed by atoms with Crippen LogP contribution in [0.5, 0.6) is 0 Å². The predicted octanol–water partition coefficient (Wildman–Crippen LogP) is 3.52. The van der Waals surface area contributed by atoms with Crippen LogP contribution in [0.1, 0.15) is 37.6 Å². The molecule has 0 bridgehead atoms. The summed E-state index contributed by atoms with van der Waals surface area (Å²) >= 11 is 0. The van der Waals surface area contributed by atoms with Gasteiger partial charge in [-0.05, 0) is 32.8 Å². The molecular formula is C26H32N6O4. The first-order valence-corrected chi connectivity index (χ1v) is 12.1. The summed E-state index contributed by atoms with van der Waals surface area (Å²) in [5.41, 5.74) is 2.15. The Morgan fingerprint density at radius 1 is 1.11 bits per heavy atom. The zero-order valence-electron chi connectivity index (χ0n) is 21.0. The summed E-state index contributed by atoms with van der Waals surface area (Å²) in [5, 5.41) is 0. The Hall–Kier alpha value is -3.87. The van der Waals surface area contributed by atoms with E-state index in [9.17, 15) is 9.59 Å². The number of carbonyl (C=O) groups is 2. The third-order valence-electron chi connectivity index (χ3n) is 6.16. The molecule has 1 aromatic carbocycles. The van der Waals surface area contributed by atoms with Crippen molar-refractivity contribution in [2.45, 2.75) is 52.0 Å². The third kappa shape index (κ3) is 6.03. The fourth-order valence-corrected chi connectivity index (χ4v) is 4.44. The number of ether oxygens (including phenoxy) is 2. The third-order valence-corrected chi connectivity index (χ3v) is 6.16. The average molecular weight is 493 g/mol. The van der Waals surface area contributed by atoms with Gasteiger partial charge < -0.3 is 24.1 Å². The zero-order chi connectivity index (χ0) is 25.7. The molecule has 1 aromatic heterocycles. The van der Waals surface area contributed by atoms with Crippen molar-refractivity contribution in [2.75, 3.05) is 37.6 Å². The van der Waals surface area contributed by atoms with E-state index in [1.165, 1.54) is 6.33 Å². The highest BCUT2D eigenvalue weighted by atomic mass is 16.6. The molecule has 190 valence electrons. The van der Waals surface area contributed by atoms with Crippen molar-refractivity contribution >= 4 is 18.0 Å². The highest BCUT2D eigenvalue weighted by Crippen LogP contribution is 2.28. The van der Waals surface area contributed by atoms with Crippen molar-refractivity contribution in [3.8, 4) is 0 Å². The Morgan fingerprint density at radius 2 is 1.89 bits per heavy atom. The fraction of sp³-hybridized carbons (Fsp3) is 0.500. The van der Waals surface area contributed by atoms with Gasteiger partial charge in [0.05, 0.1) is 12.2 Å². The van der Waals surface area contributed by atoms with E-state index in [2.05, 4.69) is 19.7 Å². The van der Waals surface area contributed by atoms with E-state index in [1.807, 2.05) is 51.1 Å². The van der Waals surface area contributed by atoms with Gasteiger partial charge in [-0.3, -0.25) is 4.90 Å². The lowest BCUT2D eigenvalue weighted by Crippen LogP contribution is -2.57. The lowest BCUT2D eigenvalue weighted by atomic mass is 10.0. The van der Waals surface area contributed by atoms with Gasteiger partial charge in [0.1, 0.15) is 30.4 Å². The predicted molar refractivity (Wildman–Crippen MR) is 133 cm³/mol. The molecule has 2 aromatic rings. The van der Waals surface area contributed by atoms with Crippen molar-refractivity contribution in [3.05, 3.63) is 64.9 Å². The average Bonchev–Trinajstić information content (AvgIpc) is 2.86. The molecule has 1 saturated heterocycles. The minimum absolute atomic E-state index is 0.177. The zero-order valence-corrected chi connectivity index (χ0v) is 21.0. The van der Waals surface area contributed by atoms with Crippen molar-refractivity contribution in [2.24, 2.45) is 0 Å². The summed E-state index contributed by atoms with van der Waals surface area (Å²) in [6, 6.07) is 9.22. The van der Waals surface area contributed by atoms with Gasteiger partial charge in [-0.15, -0.1) is 0 Å². The van der Waals surface area contributed by atoms with E-state index >= 15 is 0 Å². The molecule has 36 heavy (non-hydrogen) atoms. The van der Waals surface area contributed by atoms with Crippen LogP contribution in [0.4, 0.5) is 15.4 Å². The first kappa shape index (κ1) is 25.2. The number of amides is 2. The molecule has 2 aliphatic rings. The second kappa shape index (κ2) is 10.8. The number of carbonyl (C=O) groups excluding carboxylic acids is 2. The van der Waals surface area contributed by atoms with E-state index in [4.69, 9.17) is 16.0 Å². The summed E-state index contributed by atoms with van der Waals surface area (Å²) in [7, 11) is 0. The minimum Gasteiger partial charge on any atom is -0.445 e. The molecule has 0 N–H and O–H groups in total. The molecule has 2 amide bonds. The van der Waals surface area contributed by atoms with Crippen LogP contribution in [0, 0.1) is 6.57 Å². The van der Waals surface area contributed by atoms with E-state index < -0.39 is 11.7 Å². The summed E-state index contributed by atoms with van der Waals surface area (Å²) in [6.07, 6.45) is 1.35. The molecule has 0 radical (unpaired) electrons. The minimum atomic E-state index is -0.561. The van der Waals surface area contributed by atoms with Crippen LogP contribution in [0.25, 0.3) is 4.85 Å². The van der Waals surface area contributed by atoms with Gasteiger partial charge in [-0.25, -0.2) is 26.1 Å². The summed E-state index contributed by atoms with van der Waals surface area (Å²) in [4.78, 5) is 43.4. The standard InChI is InChI=1S/C26H32N6O4/c1-26(2,3)36-24(33)31-11-10-21-22(16-31)28-18-29-23(21)30-12-13-32(20(15-30)14-27-4)25(34)35-17-19-8-6-5-7-9-19/h5-9,18,20H,10-17H2,1-3H3/t20-/m0/s1. The number of anilines is 1. The van der Waals surface area contributed by atoms with Gasteiger partial charge in [0.15, 0.2) is 0 Å². The lowest BCUT2D eigenvalue weighted by molar-refractivity contribution is 0.0220. The van der Waals surface area contributed by atoms with Crippen LogP contribution in [-0.2, 0) is 29.0 Å². The SMILES string of the molecule is [C-]#[N+]C[C@H]1CN(c2ncnc3c2CCN(C(=O)OC(C)(C)C)C3)CCN1C(=O)OCc1ccccc1. The molecule has 0 aliphatic carbocycles. The van der Waals surface area contributed by atoms with Gasteiger partial charge in [-0.2, -0.15) is 0 Å². The number of aromatic nitrogens is 2. The van der Waals surface area contributed by atoms with Crippen molar-refractivity contribution in [3.63, 3.8) is 0 Å². The normalized spacial score (nSPS) is 17.7. The topological polar surface area (TPSA) is 92.5 Å². The maximum Gasteiger partial charge on any atom is 0.410 e. The summed E-state index contributed by atoms with van der Waals surface area (Å²) < 4.78 is 11.1. The van der Waals surface area contributed by atoms with Crippen LogP contribution in [0.15, 0.2) is 36.7 Å². The van der Waals surface area contributed by atoms with Crippen LogP contribution in [0.2, 0.25) is 0 Å². The smallest absolute Gasteiger partial charge is 0.410 e. The lowest BCUT2D eigenvalue weighted by Gasteiger charge is -2.40. The second-order valence-corrected chi connectivity index (χ2v) is 9.95. The second-order valence-electron chi connectivity index (χ2n) is 9.95. The molecule has 3 heterocycles. The first-order chi connectivity index (χ1) is 17.2. The molecule has 2 aliphatic heterocycles. The Bertz CT molecular complexity index is 1130. The number of hydrogen-bond acceptors (Lipinski definition) is 7. The molecular weight excluding hydrogens is 460 g/mol. The summed E-state index contributed by atoms with van der Waals surface area (Å²) in [5.74, 6) is 0.802. The van der Waals surface area contributed by atoms with Crippen molar-refractivity contribution in [1.82, 2.24) is 19.8 Å². The Morgan fingerprint density at radius 3 is 2.61 bits per heavy atom. The number of rotatable bonds is 4. The van der Waals surface area contributed by atoms with E-state index in [1.54, 1.807) is 9.80 Å². The van der Waals surface area contributed by atoms with Gasteiger partial charge >= 0.3 is 12.2 Å². The quantitative estimate of drug-likeness (QED) is 0.603. The Balaban J connectivity index is 1.43. The Labute approximate surface area is 211 Å². The highest BCUT2D eigenvalue weighted by molar-refractivity contribution is 5.70. The molecule has 4 rings (SSSR count). The summed E-state index contributed by atoms with van der Waals surface area (Å²) in [6.45, 7) is 15.7. The van der Waals surface area contributed by atoms with Crippen LogP contribution >= 0.6 is 0 Å². The molecule has 1 fully saturated rings. The van der Waals surface area contributed by atoms with Gasteiger partial charge in [0, 0.05) is 31.7 Å². The molecule has 10 nitrogen and oxygen atoms in total. The van der Waals surface area contributed by atoms with Gasteiger partial charge in [0.25, 0.3) is 0 Å². The first-order valence-electron chi connectivity index (χ1n) is 12.1. The molecule has 0 saturated carbocycles. The number of fused-ring (bicyclic) bond motifs is 1. The maximum absolute atomic E-state index is 12.8. The Kier molecular flexibility index (Phi) is 7.58. The van der Waals surface area contributed by atoms with Crippen LogP contribution in [-0.4, -0.2) is 76.3 Å². The van der Waals surface area contributed by atoms with Crippen molar-refractivity contribution < 1.29 is 19.1 Å². The molecule has 1 atom stereocenters. The fourth-order valence-electron chi connectivity index (χ4n) is 4.44. The number of piperazine rings is 1. The molecule has 10 heteroatoms. The van der Waals surface area contributed by atoms with E-state index in [-0.39, 0.29) is 25.3 Å². The van der Waals surface area contributed by atoms with E-state index in [0.717, 1.165) is 22.6 Å². The maximum atomic E-state index is 12.8. The van der Waals surface area contributed by atoms with E-state index in [0.29, 0.717) is 39.1 Å². The van der Waals surface area contributed by atoms with Crippen molar-refractivity contribution in [1.29, 1.82) is 0 Å². The van der Waals surface area contributed by atoms with Crippen LogP contribution in [0.3, 0.4) is 0 Å².